The molecular formula is C13H18N2O. The number of benzene rings is 1. The van der Waals surface area contributed by atoms with Crippen LogP contribution in [0.5, 0.6) is 0 Å². The molecule has 0 aliphatic carbocycles. The van der Waals surface area contributed by atoms with E-state index in [0.717, 1.165) is 32.5 Å². The molecule has 1 fully saturated rings. The maximum Gasteiger partial charge on any atom is 0.0868 e. The maximum absolute atomic E-state index is 10.1. The summed E-state index contributed by atoms with van der Waals surface area (Å²) in [4.78, 5) is 2.31. The van der Waals surface area contributed by atoms with Crippen LogP contribution in [0, 0.1) is 0 Å². The van der Waals surface area contributed by atoms with Crippen LogP contribution in [0.15, 0.2) is 24.3 Å². The monoisotopic (exact) mass is 218 g/mol. The number of aliphatic hydroxyl groups excluding tert-OH is 1. The predicted molar refractivity (Wildman–Crippen MR) is 64.8 cm³/mol. The Morgan fingerprint density at radius 2 is 2.25 bits per heavy atom. The highest BCUT2D eigenvalue weighted by Gasteiger charge is 2.28. The van der Waals surface area contributed by atoms with E-state index in [1.54, 1.807) is 0 Å². The molecule has 1 saturated heterocycles. The summed E-state index contributed by atoms with van der Waals surface area (Å²) in [5.41, 5.74) is 2.72. The summed E-state index contributed by atoms with van der Waals surface area (Å²) in [5, 5.41) is 13.3. The van der Waals surface area contributed by atoms with Crippen molar-refractivity contribution < 1.29 is 5.11 Å². The Kier molecular flexibility index (Phi) is 2.58. The van der Waals surface area contributed by atoms with Crippen molar-refractivity contribution in [1.82, 2.24) is 5.32 Å². The number of para-hydroxylation sites is 1. The molecule has 2 aliphatic heterocycles. The first-order chi connectivity index (χ1) is 7.84. The first-order valence-electron chi connectivity index (χ1n) is 6.09. The lowest BCUT2D eigenvalue weighted by molar-refractivity contribution is 0.101. The van der Waals surface area contributed by atoms with Crippen molar-refractivity contribution in [2.45, 2.75) is 25.0 Å². The van der Waals surface area contributed by atoms with Crippen LogP contribution in [0.2, 0.25) is 0 Å². The second-order valence-corrected chi connectivity index (χ2v) is 4.74. The summed E-state index contributed by atoms with van der Waals surface area (Å²) in [7, 11) is 0. The summed E-state index contributed by atoms with van der Waals surface area (Å²) in [5.74, 6) is 0. The number of rotatable bonds is 3. The predicted octanol–water partition coefficient (Wildman–Crippen LogP) is 0.772. The smallest absolute Gasteiger partial charge is 0.0868 e. The van der Waals surface area contributed by atoms with Crippen molar-refractivity contribution >= 4 is 5.69 Å². The summed E-state index contributed by atoms with van der Waals surface area (Å²) >= 11 is 0. The van der Waals surface area contributed by atoms with Gasteiger partial charge in [-0.15, -0.1) is 0 Å². The number of fused-ring (bicyclic) bond motifs is 1. The Morgan fingerprint density at radius 3 is 3.00 bits per heavy atom. The molecule has 0 radical (unpaired) electrons. The fourth-order valence-corrected chi connectivity index (χ4v) is 2.59. The van der Waals surface area contributed by atoms with Gasteiger partial charge in [0.15, 0.2) is 0 Å². The zero-order valence-corrected chi connectivity index (χ0v) is 9.39. The van der Waals surface area contributed by atoms with Gasteiger partial charge < -0.3 is 15.3 Å². The van der Waals surface area contributed by atoms with E-state index in [4.69, 9.17) is 0 Å². The van der Waals surface area contributed by atoms with Crippen molar-refractivity contribution in [3.63, 3.8) is 0 Å². The summed E-state index contributed by atoms with van der Waals surface area (Å²) in [6.07, 6.45) is 1.98. The lowest BCUT2D eigenvalue weighted by Crippen LogP contribution is -2.54. The standard InChI is InChI=1S/C13H18N2O/c16-13(11-5-7-14-11)9-15-8-6-10-3-1-2-4-12(10)15/h1-4,11,13-14,16H,5-9H2. The molecule has 3 rings (SSSR count). The quantitative estimate of drug-likeness (QED) is 0.786. The highest BCUT2D eigenvalue weighted by Crippen LogP contribution is 2.27. The molecule has 0 saturated carbocycles. The number of hydrogen-bond acceptors (Lipinski definition) is 3. The molecule has 1 aromatic rings. The van der Waals surface area contributed by atoms with Gasteiger partial charge in [-0.25, -0.2) is 0 Å². The van der Waals surface area contributed by atoms with Crippen LogP contribution in [-0.2, 0) is 6.42 Å². The largest absolute Gasteiger partial charge is 0.390 e. The molecule has 2 N–H and O–H groups in total. The Morgan fingerprint density at radius 1 is 1.44 bits per heavy atom. The highest BCUT2D eigenvalue weighted by molar-refractivity contribution is 5.57. The average Bonchev–Trinajstić information content (AvgIpc) is 2.59. The van der Waals surface area contributed by atoms with E-state index < -0.39 is 0 Å². The third kappa shape index (κ3) is 1.70. The molecule has 2 aliphatic rings. The molecule has 2 atom stereocenters. The minimum absolute atomic E-state index is 0.236. The number of aliphatic hydroxyl groups is 1. The molecule has 0 amide bonds. The highest BCUT2D eigenvalue weighted by atomic mass is 16.3. The zero-order valence-electron chi connectivity index (χ0n) is 9.39. The van der Waals surface area contributed by atoms with Gasteiger partial charge in [-0.05, 0) is 31.0 Å². The number of nitrogens with zero attached hydrogens (tertiary/aromatic N) is 1. The van der Waals surface area contributed by atoms with Crippen LogP contribution in [0.25, 0.3) is 0 Å². The van der Waals surface area contributed by atoms with Gasteiger partial charge >= 0.3 is 0 Å². The number of β-amino-alcohol motifs (C(OH)–C–C–N with tert-alkyl or cyclic N) is 1. The van der Waals surface area contributed by atoms with E-state index in [1.807, 2.05) is 0 Å². The molecule has 0 bridgehead atoms. The Balaban J connectivity index is 1.68. The van der Waals surface area contributed by atoms with Gasteiger partial charge in [-0.2, -0.15) is 0 Å². The molecule has 2 unspecified atom stereocenters. The van der Waals surface area contributed by atoms with Gasteiger partial charge in [-0.1, -0.05) is 18.2 Å². The van der Waals surface area contributed by atoms with Crippen molar-refractivity contribution in [3.8, 4) is 0 Å². The molecule has 3 nitrogen and oxygen atoms in total. The Hall–Kier alpha value is -1.06. The molecule has 0 spiro atoms. The minimum atomic E-state index is -0.236. The van der Waals surface area contributed by atoms with E-state index in [0.29, 0.717) is 6.04 Å². The normalized spacial score (nSPS) is 25.1. The second-order valence-electron chi connectivity index (χ2n) is 4.74. The van der Waals surface area contributed by atoms with Crippen molar-refractivity contribution in [3.05, 3.63) is 29.8 Å². The van der Waals surface area contributed by atoms with Crippen LogP contribution in [-0.4, -0.2) is 36.9 Å². The molecule has 86 valence electrons. The van der Waals surface area contributed by atoms with E-state index >= 15 is 0 Å². The fraction of sp³-hybridized carbons (Fsp3) is 0.538. The van der Waals surface area contributed by atoms with Gasteiger partial charge in [0.2, 0.25) is 0 Å². The molecule has 1 aromatic carbocycles. The fourth-order valence-electron chi connectivity index (χ4n) is 2.59. The van der Waals surface area contributed by atoms with Gasteiger partial charge in [0.05, 0.1) is 6.10 Å². The SMILES string of the molecule is OC(CN1CCc2ccccc21)C1CCN1. The molecule has 16 heavy (non-hydrogen) atoms. The second kappa shape index (κ2) is 4.07. The first kappa shape index (κ1) is 10.1. The number of anilines is 1. The number of hydrogen-bond donors (Lipinski definition) is 2. The van der Waals surface area contributed by atoms with Crippen LogP contribution in [0.4, 0.5) is 5.69 Å². The van der Waals surface area contributed by atoms with Gasteiger partial charge in [0.25, 0.3) is 0 Å². The van der Waals surface area contributed by atoms with Gasteiger partial charge in [-0.3, -0.25) is 0 Å². The lowest BCUT2D eigenvalue weighted by atomic mass is 10.0. The number of nitrogens with one attached hydrogen (secondary N) is 1. The summed E-state index contributed by atoms with van der Waals surface area (Å²) in [6, 6.07) is 8.82. The van der Waals surface area contributed by atoms with Crippen LogP contribution >= 0.6 is 0 Å². The first-order valence-corrected chi connectivity index (χ1v) is 6.09. The van der Waals surface area contributed by atoms with Crippen molar-refractivity contribution in [2.75, 3.05) is 24.5 Å². The molecule has 2 heterocycles. The van der Waals surface area contributed by atoms with Crippen LogP contribution in [0.3, 0.4) is 0 Å². The minimum Gasteiger partial charge on any atom is -0.390 e. The lowest BCUT2D eigenvalue weighted by Gasteiger charge is -2.34. The molecule has 0 aromatic heterocycles. The summed E-state index contributed by atoms with van der Waals surface area (Å²) in [6.45, 7) is 2.86. The topological polar surface area (TPSA) is 35.5 Å². The third-order valence-electron chi connectivity index (χ3n) is 3.72. The third-order valence-corrected chi connectivity index (χ3v) is 3.72. The summed E-state index contributed by atoms with van der Waals surface area (Å²) < 4.78 is 0. The maximum atomic E-state index is 10.1. The van der Waals surface area contributed by atoms with Crippen molar-refractivity contribution in [1.29, 1.82) is 0 Å². The Labute approximate surface area is 96.1 Å². The van der Waals surface area contributed by atoms with E-state index in [2.05, 4.69) is 34.5 Å². The van der Waals surface area contributed by atoms with Gasteiger partial charge in [0.1, 0.15) is 0 Å². The van der Waals surface area contributed by atoms with Crippen LogP contribution in [0.1, 0.15) is 12.0 Å². The average molecular weight is 218 g/mol. The van der Waals surface area contributed by atoms with Gasteiger partial charge in [0, 0.05) is 24.8 Å². The van der Waals surface area contributed by atoms with Crippen molar-refractivity contribution in [2.24, 2.45) is 0 Å². The zero-order chi connectivity index (χ0) is 11.0. The van der Waals surface area contributed by atoms with E-state index in [9.17, 15) is 5.11 Å². The van der Waals surface area contributed by atoms with E-state index in [1.165, 1.54) is 11.3 Å². The molecule has 3 heteroatoms. The van der Waals surface area contributed by atoms with E-state index in [-0.39, 0.29) is 6.10 Å². The van der Waals surface area contributed by atoms with Crippen LogP contribution < -0.4 is 10.2 Å². The Bertz CT molecular complexity index is 376. The molecular weight excluding hydrogens is 200 g/mol.